The smallest absolute Gasteiger partial charge is 0.333 e. The van der Waals surface area contributed by atoms with Gasteiger partial charge in [0.25, 0.3) is 0 Å². The van der Waals surface area contributed by atoms with Crippen LogP contribution in [0, 0.1) is 0 Å². The molecule has 0 radical (unpaired) electrons. The monoisotopic (exact) mass is 294 g/mol. The van der Waals surface area contributed by atoms with E-state index in [1.807, 2.05) is 0 Å². The fraction of sp³-hybridized carbons (Fsp3) is 0.308. The Labute approximate surface area is 121 Å². The Hall–Kier alpha value is -2.77. The molecule has 1 rings (SSSR count). The van der Waals surface area contributed by atoms with Gasteiger partial charge in [0.15, 0.2) is 5.54 Å². The largest absolute Gasteiger partial charge is 0.479 e. The zero-order chi connectivity index (χ0) is 15.9. The van der Waals surface area contributed by atoms with Gasteiger partial charge in [-0.2, -0.15) is 0 Å². The molecule has 0 saturated carbocycles. The molecule has 1 aromatic carbocycles. The summed E-state index contributed by atoms with van der Waals surface area (Å²) in [6.07, 6.45) is 0. The van der Waals surface area contributed by atoms with Crippen molar-refractivity contribution in [2.45, 2.75) is 12.5 Å². The molecule has 0 heterocycles. The van der Waals surface area contributed by atoms with Crippen LogP contribution in [0.2, 0.25) is 0 Å². The predicted molar refractivity (Wildman–Crippen MR) is 75.6 cm³/mol. The number of primary amides is 1. The average Bonchev–Trinajstić information content (AvgIpc) is 2.44. The Bertz CT molecular complexity index is 520. The van der Waals surface area contributed by atoms with Crippen LogP contribution in [0.4, 0.5) is 9.59 Å². The van der Waals surface area contributed by atoms with Gasteiger partial charge in [0.05, 0.1) is 0 Å². The topological polar surface area (TPSA) is 134 Å². The second-order valence-corrected chi connectivity index (χ2v) is 4.47. The number of carbonyl (C=O) groups excluding carboxylic acids is 2. The first kappa shape index (κ1) is 16.3. The van der Waals surface area contributed by atoms with Crippen LogP contribution in [0.3, 0.4) is 0 Å². The van der Waals surface area contributed by atoms with Crippen LogP contribution >= 0.6 is 0 Å². The Morgan fingerprint density at radius 2 is 1.71 bits per heavy atom. The van der Waals surface area contributed by atoms with Crippen molar-refractivity contribution < 1.29 is 19.5 Å². The zero-order valence-electron chi connectivity index (χ0n) is 11.6. The van der Waals surface area contributed by atoms with Crippen LogP contribution in [0.25, 0.3) is 0 Å². The number of hydrogen-bond donors (Lipinski definition) is 5. The van der Waals surface area contributed by atoms with Gasteiger partial charge in [-0.15, -0.1) is 0 Å². The molecule has 0 saturated heterocycles. The minimum atomic E-state index is -1.55. The number of rotatable bonds is 6. The molecule has 0 aliphatic heterocycles. The van der Waals surface area contributed by atoms with Gasteiger partial charge < -0.3 is 26.8 Å². The summed E-state index contributed by atoms with van der Waals surface area (Å²) in [5.41, 5.74) is 3.76. The van der Waals surface area contributed by atoms with Gasteiger partial charge in [-0.3, -0.25) is 0 Å². The van der Waals surface area contributed by atoms with Crippen LogP contribution in [-0.2, 0) is 10.3 Å². The van der Waals surface area contributed by atoms with E-state index >= 15 is 0 Å². The van der Waals surface area contributed by atoms with Crippen molar-refractivity contribution in [3.63, 3.8) is 0 Å². The van der Waals surface area contributed by atoms with E-state index in [-0.39, 0.29) is 13.1 Å². The molecule has 6 N–H and O–H groups in total. The highest BCUT2D eigenvalue weighted by atomic mass is 16.4. The molecule has 1 aromatic rings. The first-order valence-corrected chi connectivity index (χ1v) is 6.24. The highest BCUT2D eigenvalue weighted by Gasteiger charge is 2.36. The number of hydrogen-bond acceptors (Lipinski definition) is 3. The third kappa shape index (κ3) is 4.68. The molecule has 0 bridgehead atoms. The fourth-order valence-corrected chi connectivity index (χ4v) is 1.65. The molecule has 0 spiro atoms. The summed E-state index contributed by atoms with van der Waals surface area (Å²) in [6, 6.07) is 7.00. The van der Waals surface area contributed by atoms with Crippen LogP contribution in [0.1, 0.15) is 12.5 Å². The summed E-state index contributed by atoms with van der Waals surface area (Å²) in [5, 5.41) is 16.5. The maximum Gasteiger partial charge on any atom is 0.333 e. The van der Waals surface area contributed by atoms with E-state index in [9.17, 15) is 19.5 Å². The molecule has 0 aliphatic rings. The van der Waals surface area contributed by atoms with Crippen molar-refractivity contribution in [3.05, 3.63) is 35.9 Å². The number of carbonyl (C=O) groups is 3. The van der Waals surface area contributed by atoms with Gasteiger partial charge in [0.2, 0.25) is 0 Å². The molecule has 0 fully saturated rings. The van der Waals surface area contributed by atoms with E-state index in [1.54, 1.807) is 30.3 Å². The SMILES string of the molecule is CC(NC(=O)NCCNC(N)=O)(C(=O)O)c1ccccc1. The van der Waals surface area contributed by atoms with E-state index in [4.69, 9.17) is 5.73 Å². The van der Waals surface area contributed by atoms with Crippen molar-refractivity contribution in [2.75, 3.05) is 13.1 Å². The number of benzene rings is 1. The third-order valence-corrected chi connectivity index (χ3v) is 2.85. The van der Waals surface area contributed by atoms with Gasteiger partial charge >= 0.3 is 18.0 Å². The van der Waals surface area contributed by atoms with Gasteiger partial charge in [-0.25, -0.2) is 14.4 Å². The van der Waals surface area contributed by atoms with Crippen LogP contribution < -0.4 is 21.7 Å². The first-order chi connectivity index (χ1) is 9.86. The lowest BCUT2D eigenvalue weighted by atomic mass is 9.92. The normalized spacial score (nSPS) is 12.8. The first-order valence-electron chi connectivity index (χ1n) is 6.24. The van der Waals surface area contributed by atoms with E-state index in [0.717, 1.165) is 0 Å². The Morgan fingerprint density at radius 1 is 1.14 bits per heavy atom. The fourth-order valence-electron chi connectivity index (χ4n) is 1.65. The van der Waals surface area contributed by atoms with Crippen molar-refractivity contribution >= 4 is 18.0 Å². The number of carboxylic acid groups (broad SMARTS) is 1. The molecular formula is C13H18N4O4. The lowest BCUT2D eigenvalue weighted by molar-refractivity contribution is -0.144. The summed E-state index contributed by atoms with van der Waals surface area (Å²) in [6.45, 7) is 1.67. The van der Waals surface area contributed by atoms with E-state index in [2.05, 4.69) is 16.0 Å². The van der Waals surface area contributed by atoms with E-state index in [0.29, 0.717) is 5.56 Å². The third-order valence-electron chi connectivity index (χ3n) is 2.85. The van der Waals surface area contributed by atoms with Crippen molar-refractivity contribution in [2.24, 2.45) is 5.73 Å². The Morgan fingerprint density at radius 3 is 2.24 bits per heavy atom. The quantitative estimate of drug-likeness (QED) is 0.470. The molecule has 21 heavy (non-hydrogen) atoms. The molecular weight excluding hydrogens is 276 g/mol. The zero-order valence-corrected chi connectivity index (χ0v) is 11.6. The van der Waals surface area contributed by atoms with Gasteiger partial charge in [-0.05, 0) is 12.5 Å². The highest BCUT2D eigenvalue weighted by molar-refractivity contribution is 5.87. The number of nitrogens with one attached hydrogen (secondary N) is 3. The molecule has 4 amide bonds. The van der Waals surface area contributed by atoms with Crippen LogP contribution in [0.15, 0.2) is 30.3 Å². The Kier molecular flexibility index (Phi) is 5.53. The maximum atomic E-state index is 11.8. The summed E-state index contributed by atoms with van der Waals surface area (Å²) in [5.74, 6) is -1.18. The van der Waals surface area contributed by atoms with Crippen molar-refractivity contribution in [1.82, 2.24) is 16.0 Å². The second kappa shape index (κ2) is 7.13. The number of urea groups is 2. The van der Waals surface area contributed by atoms with Gasteiger partial charge in [-0.1, -0.05) is 30.3 Å². The standard InChI is InChI=1S/C13H18N4O4/c1-13(10(18)19,9-5-3-2-4-6-9)17-12(21)16-8-7-15-11(14)20/h2-6H,7-8H2,1H3,(H,18,19)(H3,14,15,20)(H2,16,17,21). The summed E-state index contributed by atoms with van der Waals surface area (Å²) >= 11 is 0. The maximum absolute atomic E-state index is 11.8. The van der Waals surface area contributed by atoms with E-state index < -0.39 is 23.6 Å². The second-order valence-electron chi connectivity index (χ2n) is 4.47. The molecule has 1 unspecified atom stereocenters. The molecule has 0 aromatic heterocycles. The lowest BCUT2D eigenvalue weighted by Gasteiger charge is -2.26. The number of nitrogens with two attached hydrogens (primary N) is 1. The van der Waals surface area contributed by atoms with Crippen molar-refractivity contribution in [3.8, 4) is 0 Å². The molecule has 8 nitrogen and oxygen atoms in total. The summed E-state index contributed by atoms with van der Waals surface area (Å²) in [4.78, 5) is 33.7. The van der Waals surface area contributed by atoms with Crippen LogP contribution in [-0.4, -0.2) is 36.2 Å². The molecule has 1 atom stereocenters. The summed E-state index contributed by atoms with van der Waals surface area (Å²) < 4.78 is 0. The minimum Gasteiger partial charge on any atom is -0.479 e. The summed E-state index contributed by atoms with van der Waals surface area (Å²) in [7, 11) is 0. The molecule has 114 valence electrons. The number of carboxylic acids is 1. The molecule has 0 aliphatic carbocycles. The average molecular weight is 294 g/mol. The van der Waals surface area contributed by atoms with E-state index in [1.165, 1.54) is 6.92 Å². The van der Waals surface area contributed by atoms with Crippen LogP contribution in [0.5, 0.6) is 0 Å². The highest BCUT2D eigenvalue weighted by Crippen LogP contribution is 2.20. The van der Waals surface area contributed by atoms with Gasteiger partial charge in [0, 0.05) is 13.1 Å². The molecule has 8 heteroatoms. The predicted octanol–water partition coefficient (Wildman–Crippen LogP) is -0.0461. The minimum absolute atomic E-state index is 0.124. The van der Waals surface area contributed by atoms with Gasteiger partial charge in [0.1, 0.15) is 0 Å². The number of amides is 4. The van der Waals surface area contributed by atoms with Crippen molar-refractivity contribution in [1.29, 1.82) is 0 Å². The Balaban J connectivity index is 2.65. The lowest BCUT2D eigenvalue weighted by Crippen LogP contribution is -2.53. The number of aliphatic carboxylic acids is 1.